The largest absolute Gasteiger partial charge is 0.452 e. The van der Waals surface area contributed by atoms with Crippen LogP contribution >= 0.6 is 12.1 Å². The molecule has 4 heteroatoms. The molecular weight excluding hydrogens is 164 g/mol. The van der Waals surface area contributed by atoms with Crippen LogP contribution in [-0.2, 0) is 4.12 Å². The van der Waals surface area contributed by atoms with Crippen LogP contribution in [0.4, 0.5) is 0 Å². The lowest BCUT2D eigenvalue weighted by Gasteiger charge is -2.20. The van der Waals surface area contributed by atoms with Crippen molar-refractivity contribution in [1.82, 2.24) is 0 Å². The highest BCUT2D eigenvalue weighted by atomic mass is 32.3. The second kappa shape index (κ2) is 4.54. The normalized spacial score (nSPS) is 13.3. The Kier molecular flexibility index (Phi) is 4.92. The summed E-state index contributed by atoms with van der Waals surface area (Å²) in [4.78, 5) is 0. The first-order valence-corrected chi connectivity index (χ1v) is 9.59. The van der Waals surface area contributed by atoms with Gasteiger partial charge in [-0.25, -0.2) is 0 Å². The molecule has 0 aromatic heterocycles. The lowest BCUT2D eigenvalue weighted by Crippen LogP contribution is -2.30. The fourth-order valence-electron chi connectivity index (χ4n) is 0.849. The predicted octanol–water partition coefficient (Wildman–Crippen LogP) is 1.55. The van der Waals surface area contributed by atoms with Gasteiger partial charge in [-0.15, -0.1) is 0 Å². The first-order valence-electron chi connectivity index (χ1n) is 3.37. The quantitative estimate of drug-likeness (QED) is 0.510. The molecule has 0 spiro atoms. The first kappa shape index (κ1) is 9.74. The summed E-state index contributed by atoms with van der Waals surface area (Å²) in [6.07, 6.45) is 1.25. The fraction of sp³-hybridized carbons (Fsp3) is 1.00. The summed E-state index contributed by atoms with van der Waals surface area (Å²) >= 11 is 4.16. The molecule has 0 aliphatic rings. The van der Waals surface area contributed by atoms with Gasteiger partial charge in [-0.3, -0.25) is 0 Å². The van der Waals surface area contributed by atoms with Crippen LogP contribution in [0.25, 0.3) is 0 Å². The Balaban J connectivity index is 3.43. The summed E-state index contributed by atoms with van der Waals surface area (Å²) in [5.41, 5.74) is 0. The minimum absolute atomic E-state index is 0.454. The monoisotopic (exact) mass is 180 g/mol. The molecule has 0 aromatic carbocycles. The highest BCUT2D eigenvalue weighted by molar-refractivity contribution is 8.06. The van der Waals surface area contributed by atoms with Crippen LogP contribution in [-0.4, -0.2) is 17.2 Å². The summed E-state index contributed by atoms with van der Waals surface area (Å²) in [5, 5.41) is 0. The number of thiol groups is 1. The Labute approximate surface area is 66.3 Å². The van der Waals surface area contributed by atoms with Crippen LogP contribution in [0.15, 0.2) is 0 Å². The third-order valence-electron chi connectivity index (χ3n) is 1.31. The van der Waals surface area contributed by atoms with E-state index in [-0.39, 0.29) is 0 Å². The maximum atomic E-state index is 5.61. The van der Waals surface area contributed by atoms with Crippen LogP contribution < -0.4 is 0 Å². The van der Waals surface area contributed by atoms with E-state index in [2.05, 4.69) is 32.1 Å². The lowest BCUT2D eigenvalue weighted by atomic mass is 10.6. The van der Waals surface area contributed by atoms with Gasteiger partial charge in [-0.05, 0) is 19.1 Å². The highest BCUT2D eigenvalue weighted by Crippen LogP contribution is 2.12. The number of rotatable bonds is 4. The number of hydrogen-bond donors (Lipinski definition) is 1. The molecule has 9 heavy (non-hydrogen) atoms. The Hall–Kier alpha value is 0.744. The van der Waals surface area contributed by atoms with Gasteiger partial charge in [0.2, 0.25) is 8.91 Å². The molecule has 0 radical (unpaired) electrons. The Morgan fingerprint density at radius 1 is 1.56 bits per heavy atom. The average molecular weight is 180 g/mol. The molecular formula is C5H16OSSi2. The second-order valence-electron chi connectivity index (χ2n) is 2.78. The summed E-state index contributed by atoms with van der Waals surface area (Å²) < 4.78 is 5.61. The molecule has 0 atom stereocenters. The average Bonchev–Trinajstić information content (AvgIpc) is 1.64. The fourth-order valence-corrected chi connectivity index (χ4v) is 7.17. The Bertz CT molecular complexity index is 69.4. The van der Waals surface area contributed by atoms with Crippen molar-refractivity contribution >= 4 is 29.3 Å². The van der Waals surface area contributed by atoms with E-state index in [1.54, 1.807) is 0 Å². The molecule has 0 aliphatic carbocycles. The van der Waals surface area contributed by atoms with Crippen molar-refractivity contribution in [1.29, 1.82) is 0 Å². The summed E-state index contributed by atoms with van der Waals surface area (Å²) in [5.74, 6) is 0. The Morgan fingerprint density at radius 3 is 2.44 bits per heavy atom. The molecule has 0 rings (SSSR count). The highest BCUT2D eigenvalue weighted by Gasteiger charge is 2.18. The zero-order valence-electron chi connectivity index (χ0n) is 6.48. The van der Waals surface area contributed by atoms with E-state index in [9.17, 15) is 0 Å². The molecule has 0 fully saturated rings. The van der Waals surface area contributed by atoms with Crippen molar-refractivity contribution in [2.45, 2.75) is 32.5 Å². The molecule has 0 aliphatic heterocycles. The van der Waals surface area contributed by atoms with Gasteiger partial charge in [-0.1, -0.05) is 13.3 Å². The molecule has 0 saturated carbocycles. The minimum atomic E-state index is -1.22. The Morgan fingerprint density at radius 2 is 2.11 bits per heavy atom. The number of hydrogen-bond acceptors (Lipinski definition) is 2. The van der Waals surface area contributed by atoms with E-state index in [4.69, 9.17) is 4.12 Å². The molecule has 0 amide bonds. The lowest BCUT2D eigenvalue weighted by molar-refractivity contribution is 0.598. The van der Waals surface area contributed by atoms with Crippen LogP contribution in [0.2, 0.25) is 19.1 Å². The standard InChI is InChI=1S/C5H16OSSi2/c1-4-5-9(2,3)6-8-7/h7H,4-5,8H2,1-3H3. The van der Waals surface area contributed by atoms with E-state index in [1.807, 2.05) is 0 Å². The molecule has 0 N–H and O–H groups in total. The maximum Gasteiger partial charge on any atom is 0.206 e. The van der Waals surface area contributed by atoms with Gasteiger partial charge < -0.3 is 4.12 Å². The van der Waals surface area contributed by atoms with Gasteiger partial charge in [0.05, 0.1) is 0 Å². The van der Waals surface area contributed by atoms with Crippen LogP contribution in [0.3, 0.4) is 0 Å². The van der Waals surface area contributed by atoms with Crippen molar-refractivity contribution in [2.24, 2.45) is 0 Å². The summed E-state index contributed by atoms with van der Waals surface area (Å²) in [6, 6.07) is 1.28. The SMILES string of the molecule is CCC[Si](C)(C)O[SiH2]S. The van der Waals surface area contributed by atoms with E-state index in [0.717, 1.165) is 0 Å². The van der Waals surface area contributed by atoms with Crippen molar-refractivity contribution in [2.75, 3.05) is 0 Å². The maximum absolute atomic E-state index is 5.61. The van der Waals surface area contributed by atoms with Crippen molar-refractivity contribution in [3.8, 4) is 0 Å². The smallest absolute Gasteiger partial charge is 0.206 e. The van der Waals surface area contributed by atoms with Crippen LogP contribution in [0.5, 0.6) is 0 Å². The topological polar surface area (TPSA) is 9.23 Å². The van der Waals surface area contributed by atoms with E-state index in [1.165, 1.54) is 12.5 Å². The van der Waals surface area contributed by atoms with E-state index >= 15 is 0 Å². The van der Waals surface area contributed by atoms with Crippen molar-refractivity contribution < 1.29 is 4.12 Å². The summed E-state index contributed by atoms with van der Waals surface area (Å²) in [6.45, 7) is 6.73. The van der Waals surface area contributed by atoms with Crippen molar-refractivity contribution in [3.63, 3.8) is 0 Å². The summed E-state index contributed by atoms with van der Waals surface area (Å²) in [7, 11) is -1.67. The van der Waals surface area contributed by atoms with Gasteiger partial charge in [0.15, 0.2) is 8.32 Å². The first-order chi connectivity index (χ1) is 4.12. The van der Waals surface area contributed by atoms with Gasteiger partial charge >= 0.3 is 0 Å². The van der Waals surface area contributed by atoms with E-state index < -0.39 is 17.2 Å². The minimum Gasteiger partial charge on any atom is -0.452 e. The van der Waals surface area contributed by atoms with Crippen LogP contribution in [0, 0.1) is 0 Å². The van der Waals surface area contributed by atoms with Gasteiger partial charge in [-0.2, -0.15) is 12.1 Å². The zero-order valence-corrected chi connectivity index (χ0v) is 9.79. The van der Waals surface area contributed by atoms with Crippen LogP contribution in [0.1, 0.15) is 13.3 Å². The molecule has 0 aromatic rings. The molecule has 0 bridgehead atoms. The van der Waals surface area contributed by atoms with Gasteiger partial charge in [0, 0.05) is 0 Å². The van der Waals surface area contributed by atoms with E-state index in [0.29, 0.717) is 0 Å². The van der Waals surface area contributed by atoms with Crippen molar-refractivity contribution in [3.05, 3.63) is 0 Å². The predicted molar refractivity (Wildman–Crippen MR) is 51.2 cm³/mol. The van der Waals surface area contributed by atoms with Gasteiger partial charge in [0.25, 0.3) is 0 Å². The third-order valence-corrected chi connectivity index (χ3v) is 7.82. The molecule has 0 unspecified atom stereocenters. The molecule has 1 nitrogen and oxygen atoms in total. The molecule has 0 saturated heterocycles. The van der Waals surface area contributed by atoms with Gasteiger partial charge in [0.1, 0.15) is 0 Å². The zero-order chi connectivity index (χ0) is 7.33. The second-order valence-corrected chi connectivity index (χ2v) is 8.99. The molecule has 56 valence electrons. The molecule has 0 heterocycles. The third kappa shape index (κ3) is 5.20.